The fraction of sp³-hybridized carbons (Fsp3) is 0.486. The number of rotatable bonds is 9. The Balaban J connectivity index is 1.27. The fourth-order valence-electron chi connectivity index (χ4n) is 7.37. The summed E-state index contributed by atoms with van der Waals surface area (Å²) in [7, 11) is 0. The van der Waals surface area contributed by atoms with E-state index in [1.54, 1.807) is 36.1 Å². The number of fused-ring (bicyclic) bond motifs is 1. The molecule has 1 spiro atoms. The monoisotopic (exact) mass is 695 g/mol. The van der Waals surface area contributed by atoms with Crippen LogP contribution in [0.25, 0.3) is 0 Å². The number of amides is 5. The Morgan fingerprint density at radius 3 is 2.40 bits per heavy atom. The van der Waals surface area contributed by atoms with E-state index in [4.69, 9.17) is 5.41 Å². The third-order valence-electron chi connectivity index (χ3n) is 10.6. The van der Waals surface area contributed by atoms with Crippen LogP contribution in [0, 0.1) is 29.5 Å². The Labute approximate surface area is 286 Å². The number of benzene rings is 2. The molecule has 1 saturated heterocycles. The molecular formula is C35H40F3N7O5. The molecule has 0 aromatic heterocycles. The van der Waals surface area contributed by atoms with Gasteiger partial charge in [-0.25, -0.2) is 18.0 Å². The van der Waals surface area contributed by atoms with Crippen LogP contribution >= 0.6 is 0 Å². The van der Waals surface area contributed by atoms with Crippen molar-refractivity contribution in [3.8, 4) is 0 Å². The zero-order valence-electron chi connectivity index (χ0n) is 27.8. The van der Waals surface area contributed by atoms with Crippen LogP contribution in [-0.2, 0) is 27.2 Å². The molecule has 2 saturated carbocycles. The number of halogens is 3. The van der Waals surface area contributed by atoms with Crippen LogP contribution in [0.15, 0.2) is 41.6 Å². The Hall–Kier alpha value is -4.95. The second-order valence-corrected chi connectivity index (χ2v) is 14.2. The van der Waals surface area contributed by atoms with Crippen molar-refractivity contribution in [1.82, 2.24) is 15.5 Å². The smallest absolute Gasteiger partial charge is 0.318 e. The molecule has 266 valence electrons. The van der Waals surface area contributed by atoms with Gasteiger partial charge in [0.25, 0.3) is 11.8 Å². The minimum absolute atomic E-state index is 0.0491. The minimum Gasteiger partial charge on any atom is -0.410 e. The van der Waals surface area contributed by atoms with E-state index in [2.05, 4.69) is 26.4 Å². The summed E-state index contributed by atoms with van der Waals surface area (Å²) in [4.78, 5) is 55.9. The minimum atomic E-state index is -2.89. The average molecular weight is 696 g/mol. The normalized spacial score (nSPS) is 23.0. The van der Waals surface area contributed by atoms with Gasteiger partial charge in [0.1, 0.15) is 17.4 Å². The summed E-state index contributed by atoms with van der Waals surface area (Å²) >= 11 is 0. The second-order valence-electron chi connectivity index (χ2n) is 14.2. The first kappa shape index (κ1) is 34.9. The average Bonchev–Trinajstić information content (AvgIpc) is 3.70. The Kier molecular flexibility index (Phi) is 9.12. The van der Waals surface area contributed by atoms with Crippen molar-refractivity contribution in [3.05, 3.63) is 58.9 Å². The summed E-state index contributed by atoms with van der Waals surface area (Å²) < 4.78 is 42.2. The molecule has 0 radical (unpaired) electrons. The van der Waals surface area contributed by atoms with Gasteiger partial charge < -0.3 is 36.8 Å². The van der Waals surface area contributed by atoms with Crippen molar-refractivity contribution in [2.24, 2.45) is 16.5 Å². The second kappa shape index (κ2) is 13.1. The van der Waals surface area contributed by atoms with Gasteiger partial charge >= 0.3 is 6.03 Å². The third kappa shape index (κ3) is 6.90. The van der Waals surface area contributed by atoms with Gasteiger partial charge in [-0.2, -0.15) is 0 Å². The SMILES string of the molecule is CC(=N)C(=NO)C(=O)N[C@H](C(=O)Nc1ccc2c(c1)CC(C(=O)Nc1cc(F)ccc1C)(N1CC3(CC3)CNC1=O)C2)C1CCC(F)(F)CC1. The van der Waals surface area contributed by atoms with Crippen molar-refractivity contribution < 1.29 is 37.6 Å². The molecule has 3 aliphatic carbocycles. The number of oxime groups is 1. The standard InChI is InChI=1S/C35H40F3N7O5/c1-19-3-5-24(36)14-26(19)42-31(48)34(45-18-33(11-12-33)17-40-32(45)49)15-22-4-6-25(13-23(22)16-34)41-30(47)28(21-7-9-35(37,38)10-8-21)43-29(46)27(44-50)20(2)39/h3-6,13-14,21,28,39,50H,7-12,15-18H2,1-2H3,(H,40,49)(H,41,47)(H,42,48)(H,43,46)/t28-,34?/m0/s1. The number of urea groups is 1. The Bertz CT molecular complexity index is 1790. The molecule has 15 heteroatoms. The molecule has 4 aliphatic rings. The van der Waals surface area contributed by atoms with Crippen molar-refractivity contribution >= 4 is 46.6 Å². The Morgan fingerprint density at radius 2 is 1.74 bits per heavy atom. The zero-order valence-corrected chi connectivity index (χ0v) is 27.8. The van der Waals surface area contributed by atoms with Gasteiger partial charge in [-0.3, -0.25) is 14.4 Å². The molecule has 5 amide bonds. The van der Waals surface area contributed by atoms with E-state index >= 15 is 0 Å². The van der Waals surface area contributed by atoms with E-state index < -0.39 is 65.5 Å². The van der Waals surface area contributed by atoms with Gasteiger partial charge in [-0.15, -0.1) is 0 Å². The van der Waals surface area contributed by atoms with Crippen LogP contribution in [0.3, 0.4) is 0 Å². The molecule has 12 nitrogen and oxygen atoms in total. The third-order valence-corrected chi connectivity index (χ3v) is 10.6. The fourth-order valence-corrected chi connectivity index (χ4v) is 7.37. The number of nitrogens with zero attached hydrogens (tertiary/aromatic N) is 2. The molecule has 2 atom stereocenters. The van der Waals surface area contributed by atoms with Crippen LogP contribution in [0.5, 0.6) is 0 Å². The molecule has 50 heavy (non-hydrogen) atoms. The molecule has 1 heterocycles. The predicted molar refractivity (Wildman–Crippen MR) is 178 cm³/mol. The van der Waals surface area contributed by atoms with Gasteiger partial charge in [-0.05, 0) is 86.4 Å². The summed E-state index contributed by atoms with van der Waals surface area (Å²) in [6.07, 6.45) is 1.06. The van der Waals surface area contributed by atoms with Gasteiger partial charge in [0.2, 0.25) is 11.8 Å². The number of alkyl halides is 2. The van der Waals surface area contributed by atoms with Crippen molar-refractivity contribution in [2.45, 2.75) is 82.7 Å². The molecule has 1 aliphatic heterocycles. The summed E-state index contributed by atoms with van der Waals surface area (Å²) in [6.45, 7) is 3.87. The molecule has 2 aromatic rings. The molecular weight excluding hydrogens is 655 g/mol. The highest BCUT2D eigenvalue weighted by Gasteiger charge is 2.57. The Morgan fingerprint density at radius 1 is 1.04 bits per heavy atom. The molecule has 2 aromatic carbocycles. The molecule has 1 unspecified atom stereocenters. The van der Waals surface area contributed by atoms with Crippen molar-refractivity contribution in [2.75, 3.05) is 23.7 Å². The maximum absolute atomic E-state index is 14.3. The predicted octanol–water partition coefficient (Wildman–Crippen LogP) is 4.53. The van der Waals surface area contributed by atoms with E-state index in [0.29, 0.717) is 29.9 Å². The number of hydrogen-bond donors (Lipinski definition) is 6. The number of carbonyl (C=O) groups excluding carboxylic acids is 4. The van der Waals surface area contributed by atoms with Gasteiger partial charge in [0.05, 0.1) is 5.71 Å². The van der Waals surface area contributed by atoms with E-state index in [1.165, 1.54) is 19.1 Å². The molecule has 6 rings (SSSR count). The summed E-state index contributed by atoms with van der Waals surface area (Å²) in [6, 6.07) is 7.47. The number of aryl methyl sites for hydroxylation is 1. The van der Waals surface area contributed by atoms with Crippen LogP contribution in [0.4, 0.5) is 29.3 Å². The van der Waals surface area contributed by atoms with Crippen molar-refractivity contribution in [1.29, 1.82) is 5.41 Å². The maximum atomic E-state index is 14.3. The first-order valence-electron chi connectivity index (χ1n) is 16.7. The highest BCUT2D eigenvalue weighted by Crippen LogP contribution is 2.50. The van der Waals surface area contributed by atoms with Crippen LogP contribution < -0.4 is 21.3 Å². The number of carbonyl (C=O) groups is 4. The first-order chi connectivity index (χ1) is 23.6. The largest absolute Gasteiger partial charge is 0.410 e. The quantitative estimate of drug-likeness (QED) is 0.128. The number of hydrogen-bond acceptors (Lipinski definition) is 7. The lowest BCUT2D eigenvalue weighted by Gasteiger charge is -2.45. The summed E-state index contributed by atoms with van der Waals surface area (Å²) in [5.41, 5.74) is 0.249. The number of nitrogens with one attached hydrogen (secondary N) is 5. The lowest BCUT2D eigenvalue weighted by molar-refractivity contribution is -0.127. The highest BCUT2D eigenvalue weighted by molar-refractivity contribution is 6.65. The lowest BCUT2D eigenvalue weighted by Crippen LogP contribution is -2.66. The zero-order chi connectivity index (χ0) is 36.0. The van der Waals surface area contributed by atoms with E-state index in [1.807, 2.05) is 0 Å². The van der Waals surface area contributed by atoms with E-state index in [0.717, 1.165) is 18.4 Å². The molecule has 0 bridgehead atoms. The summed E-state index contributed by atoms with van der Waals surface area (Å²) in [5, 5.41) is 30.9. The van der Waals surface area contributed by atoms with Gasteiger partial charge in [0.15, 0.2) is 5.71 Å². The van der Waals surface area contributed by atoms with Crippen LogP contribution in [0.2, 0.25) is 0 Å². The summed E-state index contributed by atoms with van der Waals surface area (Å²) in [5.74, 6) is -6.23. The number of anilines is 2. The van der Waals surface area contributed by atoms with Gasteiger partial charge in [-0.1, -0.05) is 17.3 Å². The highest BCUT2D eigenvalue weighted by atomic mass is 19.3. The van der Waals surface area contributed by atoms with Crippen molar-refractivity contribution in [3.63, 3.8) is 0 Å². The first-order valence-corrected chi connectivity index (χ1v) is 16.7. The maximum Gasteiger partial charge on any atom is 0.318 e. The van der Waals surface area contributed by atoms with Crippen LogP contribution in [0.1, 0.15) is 62.1 Å². The van der Waals surface area contributed by atoms with E-state index in [9.17, 15) is 37.6 Å². The lowest BCUT2D eigenvalue weighted by atomic mass is 9.81. The molecule has 3 fully saturated rings. The van der Waals surface area contributed by atoms with Gasteiger partial charge in [0, 0.05) is 55.6 Å². The van der Waals surface area contributed by atoms with Crippen LogP contribution in [-0.4, -0.2) is 75.9 Å². The molecule has 6 N–H and O–H groups in total. The van der Waals surface area contributed by atoms with E-state index in [-0.39, 0.29) is 48.5 Å². The topological polar surface area (TPSA) is 176 Å².